The number of benzene rings is 2. The van der Waals surface area contributed by atoms with E-state index in [9.17, 15) is 14.7 Å². The Morgan fingerprint density at radius 2 is 1.76 bits per heavy atom. The van der Waals surface area contributed by atoms with E-state index >= 15 is 0 Å². The van der Waals surface area contributed by atoms with Crippen LogP contribution in [0.15, 0.2) is 53.1 Å². The minimum atomic E-state index is -0.249. The van der Waals surface area contributed by atoms with E-state index in [4.69, 9.17) is 4.74 Å². The summed E-state index contributed by atoms with van der Waals surface area (Å²) in [6.45, 7) is 7.22. The maximum atomic E-state index is 13.9. The van der Waals surface area contributed by atoms with Crippen LogP contribution in [0.1, 0.15) is 90.5 Å². The first-order chi connectivity index (χ1) is 19.9. The lowest BCUT2D eigenvalue weighted by Gasteiger charge is -2.33. The number of carbonyl (C=O) groups is 2. The molecule has 0 aromatic heterocycles. The fraction of sp³-hybridized carbons (Fsp3) is 0.556. The molecule has 0 spiro atoms. The number of rotatable bonds is 8. The van der Waals surface area contributed by atoms with Crippen LogP contribution in [0.4, 0.5) is 0 Å². The molecule has 2 aromatic carbocycles. The lowest BCUT2D eigenvalue weighted by Crippen LogP contribution is -2.42. The second-order valence-electron chi connectivity index (χ2n) is 13.0. The highest BCUT2D eigenvalue weighted by atomic mass is 16.5. The maximum absolute atomic E-state index is 13.9. The molecule has 218 valence electrons. The van der Waals surface area contributed by atoms with Crippen molar-refractivity contribution in [3.63, 3.8) is 0 Å². The summed E-state index contributed by atoms with van der Waals surface area (Å²) < 4.78 is 6.52. The molecule has 2 aromatic rings. The van der Waals surface area contributed by atoms with Gasteiger partial charge in [-0.2, -0.15) is 0 Å². The molecule has 0 unspecified atom stereocenters. The van der Waals surface area contributed by atoms with E-state index in [-0.39, 0.29) is 41.7 Å². The van der Waals surface area contributed by atoms with E-state index < -0.39 is 0 Å². The average Bonchev–Trinajstić information content (AvgIpc) is 3.51. The normalized spacial score (nSPS) is 27.3. The molecule has 1 N–H and O–H groups in total. The highest BCUT2D eigenvalue weighted by molar-refractivity contribution is 6.06. The van der Waals surface area contributed by atoms with Gasteiger partial charge < -0.3 is 9.84 Å². The molecule has 4 atom stereocenters. The summed E-state index contributed by atoms with van der Waals surface area (Å²) in [6.07, 6.45) is 12.2. The summed E-state index contributed by atoms with van der Waals surface area (Å²) >= 11 is 0. The molecular weight excluding hydrogens is 510 g/mol. The highest BCUT2D eigenvalue weighted by Crippen LogP contribution is 2.52. The Labute approximate surface area is 244 Å². The van der Waals surface area contributed by atoms with Crippen molar-refractivity contribution in [3.8, 4) is 5.75 Å². The third-order valence-corrected chi connectivity index (χ3v) is 10.2. The van der Waals surface area contributed by atoms with Crippen molar-refractivity contribution in [3.05, 3.63) is 58.7 Å². The fourth-order valence-corrected chi connectivity index (χ4v) is 8.24. The molecular formula is C36H45NO4. The van der Waals surface area contributed by atoms with Crippen molar-refractivity contribution in [2.75, 3.05) is 6.61 Å². The highest BCUT2D eigenvalue weighted by Gasteiger charge is 2.58. The lowest BCUT2D eigenvalue weighted by molar-refractivity contribution is -0.143. The zero-order valence-corrected chi connectivity index (χ0v) is 24.9. The largest absolute Gasteiger partial charge is 0.507 e. The summed E-state index contributed by atoms with van der Waals surface area (Å²) in [5.74, 6) is 0.372. The number of likely N-dealkylation sites (tertiary alicyclic amines) is 1. The fourth-order valence-electron chi connectivity index (χ4n) is 8.24. The van der Waals surface area contributed by atoms with Gasteiger partial charge in [0.05, 0.1) is 24.5 Å². The number of phenols is 1. The number of ether oxygens (including phenoxy) is 1. The van der Waals surface area contributed by atoms with Gasteiger partial charge in [-0.05, 0) is 67.0 Å². The zero-order valence-electron chi connectivity index (χ0n) is 24.9. The Morgan fingerprint density at radius 3 is 2.49 bits per heavy atom. The molecule has 2 heterocycles. The van der Waals surface area contributed by atoms with Crippen molar-refractivity contribution < 1.29 is 19.4 Å². The molecule has 3 fully saturated rings. The maximum Gasteiger partial charge on any atom is 0.234 e. The average molecular weight is 556 g/mol. The van der Waals surface area contributed by atoms with Gasteiger partial charge in [0.25, 0.3) is 0 Å². The van der Waals surface area contributed by atoms with Crippen LogP contribution in [0.3, 0.4) is 0 Å². The second kappa shape index (κ2) is 11.8. The van der Waals surface area contributed by atoms with Crippen LogP contribution in [0.2, 0.25) is 0 Å². The predicted octanol–water partition coefficient (Wildman–Crippen LogP) is 7.81. The van der Waals surface area contributed by atoms with Crippen LogP contribution in [-0.4, -0.2) is 40.6 Å². The molecule has 2 aliphatic heterocycles. The van der Waals surface area contributed by atoms with Crippen molar-refractivity contribution in [2.45, 2.75) is 97.1 Å². The van der Waals surface area contributed by atoms with Gasteiger partial charge in [0.15, 0.2) is 0 Å². The Morgan fingerprint density at radius 1 is 1.00 bits per heavy atom. The number of hydrogen-bond donors (Lipinski definition) is 1. The second-order valence-corrected chi connectivity index (χ2v) is 13.0. The summed E-state index contributed by atoms with van der Waals surface area (Å²) in [4.78, 5) is 29.2. The number of amides is 2. The smallest absolute Gasteiger partial charge is 0.234 e. The van der Waals surface area contributed by atoms with E-state index in [0.29, 0.717) is 24.7 Å². The Hall–Kier alpha value is -2.92. The van der Waals surface area contributed by atoms with Crippen LogP contribution in [0.25, 0.3) is 16.8 Å². The molecule has 41 heavy (non-hydrogen) atoms. The van der Waals surface area contributed by atoms with E-state index in [0.717, 1.165) is 67.7 Å². The molecule has 0 bridgehead atoms. The van der Waals surface area contributed by atoms with E-state index in [1.807, 2.05) is 24.3 Å². The number of allylic oxidation sites excluding steroid dienone is 2. The van der Waals surface area contributed by atoms with Crippen molar-refractivity contribution in [2.24, 2.45) is 23.7 Å². The summed E-state index contributed by atoms with van der Waals surface area (Å²) in [7, 11) is 0. The van der Waals surface area contributed by atoms with Crippen molar-refractivity contribution in [1.29, 1.82) is 0 Å². The summed E-state index contributed by atoms with van der Waals surface area (Å²) in [6, 6.07) is 11.9. The zero-order chi connectivity index (χ0) is 28.7. The number of nitrogens with zero attached hydrogens (tertiary/aromatic N) is 1. The van der Waals surface area contributed by atoms with Gasteiger partial charge in [-0.3, -0.25) is 14.5 Å². The van der Waals surface area contributed by atoms with Crippen LogP contribution in [0.5, 0.6) is 5.75 Å². The first kappa shape index (κ1) is 28.2. The number of hydrogen-bond acceptors (Lipinski definition) is 4. The van der Waals surface area contributed by atoms with Gasteiger partial charge in [0.1, 0.15) is 5.75 Å². The summed E-state index contributed by atoms with van der Waals surface area (Å²) in [5.41, 5.74) is 5.20. The number of fused-ring (bicyclic) bond motifs is 4. The number of phenolic OH excluding ortho intramolecular Hbond substituents is 1. The van der Waals surface area contributed by atoms with E-state index in [1.165, 1.54) is 23.1 Å². The van der Waals surface area contributed by atoms with Gasteiger partial charge in [-0.1, -0.05) is 94.0 Å². The lowest BCUT2D eigenvalue weighted by atomic mass is 9.67. The van der Waals surface area contributed by atoms with E-state index in [2.05, 4.69) is 32.9 Å². The third-order valence-electron chi connectivity index (χ3n) is 10.2. The van der Waals surface area contributed by atoms with Gasteiger partial charge in [-0.15, -0.1) is 0 Å². The van der Waals surface area contributed by atoms with Crippen LogP contribution >= 0.6 is 0 Å². The van der Waals surface area contributed by atoms with Crippen LogP contribution in [0, 0.1) is 23.7 Å². The van der Waals surface area contributed by atoms with Gasteiger partial charge in [-0.25, -0.2) is 0 Å². The minimum Gasteiger partial charge on any atom is -0.507 e. The van der Waals surface area contributed by atoms with Crippen molar-refractivity contribution in [1.82, 2.24) is 4.90 Å². The van der Waals surface area contributed by atoms with Crippen molar-refractivity contribution >= 4 is 28.7 Å². The van der Waals surface area contributed by atoms with Gasteiger partial charge in [0, 0.05) is 17.3 Å². The first-order valence-corrected chi connectivity index (χ1v) is 16.0. The molecule has 2 amide bonds. The Kier molecular flexibility index (Phi) is 8.09. The molecule has 2 saturated heterocycles. The Balaban J connectivity index is 1.25. The SMILES string of the molecule is CCC/C(=C\c1ccc(O)c2ccccc12)CC[C@H]1OC[C@H]2C1=C(C(C)C)C[C@H]1C(=O)N(C3CCCCC3)C(=O)[C@H]12. The van der Waals surface area contributed by atoms with Crippen LogP contribution < -0.4 is 0 Å². The monoisotopic (exact) mass is 555 g/mol. The molecule has 6 rings (SSSR count). The van der Waals surface area contributed by atoms with Gasteiger partial charge in [0.2, 0.25) is 11.8 Å². The molecule has 4 aliphatic rings. The molecule has 5 heteroatoms. The number of aromatic hydroxyl groups is 1. The quantitative estimate of drug-likeness (QED) is 0.266. The number of imide groups is 1. The first-order valence-electron chi connectivity index (χ1n) is 16.0. The topological polar surface area (TPSA) is 66.8 Å². The molecule has 1 saturated carbocycles. The Bertz CT molecular complexity index is 1380. The minimum absolute atomic E-state index is 0.00167. The molecule has 2 aliphatic carbocycles. The standard InChI is InChI=1S/C36H45NO4/c1-4-10-23(19-24-16-17-31(38)27-14-9-8-13-26(24)27)15-18-32-33-28(22(2)3)20-29-34(30(33)21-41-32)36(40)37(35(29)39)25-11-6-5-7-12-25/h8-9,13-14,16-17,19,22,25,29-30,32,34,38H,4-7,10-12,15,18,20-21H2,1-3H3/b23-19+/t29-,30+,32-,34-/m1/s1. The van der Waals surface area contributed by atoms with Crippen LogP contribution in [-0.2, 0) is 14.3 Å². The summed E-state index contributed by atoms with van der Waals surface area (Å²) in [5, 5.41) is 12.3. The molecule has 0 radical (unpaired) electrons. The van der Waals surface area contributed by atoms with Gasteiger partial charge >= 0.3 is 0 Å². The predicted molar refractivity (Wildman–Crippen MR) is 163 cm³/mol. The van der Waals surface area contributed by atoms with E-state index in [1.54, 1.807) is 11.0 Å². The molecule has 5 nitrogen and oxygen atoms in total. The third kappa shape index (κ3) is 5.16. The number of carbonyl (C=O) groups excluding carboxylic acids is 2.